The molecule has 0 aliphatic heterocycles. The third-order valence-corrected chi connectivity index (χ3v) is 11.2. The van der Waals surface area contributed by atoms with E-state index in [1.165, 1.54) is 20.2 Å². The Bertz CT molecular complexity index is 3240. The van der Waals surface area contributed by atoms with Crippen molar-refractivity contribution in [2.24, 2.45) is 0 Å². The highest BCUT2D eigenvalue weighted by atomic mass is 32.1. The number of hydrogen-bond acceptors (Lipinski definition) is 6. The summed E-state index contributed by atoms with van der Waals surface area (Å²) >= 11 is 1.79. The van der Waals surface area contributed by atoms with Crippen molar-refractivity contribution in [3.8, 4) is 45.9 Å². The van der Waals surface area contributed by atoms with Gasteiger partial charge in [0.05, 0.1) is 28.4 Å². The van der Waals surface area contributed by atoms with Gasteiger partial charge in [0, 0.05) is 58.4 Å². The Kier molecular flexibility index (Phi) is 6.38. The molecule has 0 spiro atoms. The molecule has 7 aromatic carbocycles. The van der Waals surface area contributed by atoms with Gasteiger partial charge in [0.2, 0.25) is 0 Å². The van der Waals surface area contributed by atoms with Crippen LogP contribution in [0.4, 0.5) is 0 Å². The SMILES string of the molecule is N#Cc1cc(-n2c3ccccc3c3ccc4sc5ccccc5c4c32)c2oc3ccccc3c2c1-c1nc(-c2ccccc2)nc(-c2ccccc2)n1. The van der Waals surface area contributed by atoms with Crippen molar-refractivity contribution in [2.45, 2.75) is 0 Å². The molecule has 7 heteroatoms. The van der Waals surface area contributed by atoms with Gasteiger partial charge in [-0.15, -0.1) is 11.3 Å². The predicted molar refractivity (Wildman–Crippen MR) is 215 cm³/mol. The summed E-state index contributed by atoms with van der Waals surface area (Å²) in [6.07, 6.45) is 0. The minimum Gasteiger partial charge on any atom is -0.454 e. The molecule has 0 unspecified atom stereocenters. The van der Waals surface area contributed by atoms with E-state index in [0.717, 1.165) is 49.4 Å². The number of para-hydroxylation sites is 2. The maximum Gasteiger partial charge on any atom is 0.166 e. The molecule has 0 fully saturated rings. The lowest BCUT2D eigenvalue weighted by atomic mass is 9.98. The monoisotopic (exact) mass is 695 g/mol. The number of rotatable bonds is 4. The summed E-state index contributed by atoms with van der Waals surface area (Å²) < 4.78 is 11.6. The van der Waals surface area contributed by atoms with Crippen LogP contribution in [0.3, 0.4) is 0 Å². The van der Waals surface area contributed by atoms with Crippen molar-refractivity contribution in [3.63, 3.8) is 0 Å². The molecular formula is C46H25N5OS. The number of fused-ring (bicyclic) bond motifs is 10. The van der Waals surface area contributed by atoms with Gasteiger partial charge in [-0.25, -0.2) is 15.0 Å². The molecule has 0 saturated carbocycles. The topological polar surface area (TPSA) is 80.5 Å². The molecule has 53 heavy (non-hydrogen) atoms. The molecule has 0 atom stereocenters. The normalized spacial score (nSPS) is 11.8. The number of furan rings is 1. The van der Waals surface area contributed by atoms with Gasteiger partial charge >= 0.3 is 0 Å². The van der Waals surface area contributed by atoms with Gasteiger partial charge in [0.1, 0.15) is 5.58 Å². The van der Waals surface area contributed by atoms with Gasteiger partial charge in [-0.2, -0.15) is 5.26 Å². The number of nitrogens with zero attached hydrogens (tertiary/aromatic N) is 5. The van der Waals surface area contributed by atoms with Gasteiger partial charge in [-0.05, 0) is 30.3 Å². The zero-order valence-corrected chi connectivity index (χ0v) is 28.8. The summed E-state index contributed by atoms with van der Waals surface area (Å²) in [4.78, 5) is 15.1. The minimum atomic E-state index is 0.408. The lowest BCUT2D eigenvalue weighted by molar-refractivity contribution is 0.666. The van der Waals surface area contributed by atoms with Crippen molar-refractivity contribution in [3.05, 3.63) is 157 Å². The van der Waals surface area contributed by atoms with Gasteiger partial charge < -0.3 is 8.98 Å². The standard InChI is InChI=1S/C46H25N5OS/c47-26-29-25-35(51-34-20-10-7-17-30(34)31-23-24-38-40(42(31)51)33-19-9-12-22-37(33)53-38)43-41(32-18-8-11-21-36(32)52-43)39(29)46-49-44(27-13-3-1-4-14-27)48-45(50-46)28-15-5-2-6-16-28/h1-25H. The van der Waals surface area contributed by atoms with E-state index in [0.29, 0.717) is 39.8 Å². The second-order valence-corrected chi connectivity index (χ2v) is 14.1. The lowest BCUT2D eigenvalue weighted by Crippen LogP contribution is -2.03. The highest BCUT2D eigenvalue weighted by Crippen LogP contribution is 2.47. The first-order valence-corrected chi connectivity index (χ1v) is 18.2. The van der Waals surface area contributed by atoms with Crippen molar-refractivity contribution >= 4 is 75.3 Å². The lowest BCUT2D eigenvalue weighted by Gasteiger charge is -2.14. The van der Waals surface area contributed by atoms with E-state index >= 15 is 0 Å². The van der Waals surface area contributed by atoms with Gasteiger partial charge in [-0.3, -0.25) is 0 Å². The van der Waals surface area contributed by atoms with Crippen LogP contribution >= 0.6 is 11.3 Å². The number of thiophene rings is 1. The van der Waals surface area contributed by atoms with Crippen LogP contribution in [0.5, 0.6) is 0 Å². The van der Waals surface area contributed by atoms with Crippen molar-refractivity contribution in [2.75, 3.05) is 0 Å². The van der Waals surface area contributed by atoms with E-state index in [2.05, 4.69) is 71.3 Å². The third-order valence-electron chi connectivity index (χ3n) is 10.1. The Hall–Kier alpha value is -7.14. The van der Waals surface area contributed by atoms with E-state index in [-0.39, 0.29) is 0 Å². The molecule has 0 radical (unpaired) electrons. The zero-order chi connectivity index (χ0) is 35.0. The molecule has 0 N–H and O–H groups in total. The first-order valence-electron chi connectivity index (χ1n) is 17.3. The fourth-order valence-electron chi connectivity index (χ4n) is 7.81. The molecule has 246 valence electrons. The summed E-state index contributed by atoms with van der Waals surface area (Å²) in [5.74, 6) is 1.46. The average Bonchev–Trinajstić information content (AvgIpc) is 3.90. The van der Waals surface area contributed by atoms with Gasteiger partial charge in [0.15, 0.2) is 23.1 Å². The predicted octanol–water partition coefficient (Wildman–Crippen LogP) is 12.1. The van der Waals surface area contributed by atoms with Gasteiger partial charge in [-0.1, -0.05) is 121 Å². The first-order chi connectivity index (χ1) is 26.2. The van der Waals surface area contributed by atoms with E-state index in [4.69, 9.17) is 19.4 Å². The van der Waals surface area contributed by atoms with Crippen LogP contribution in [-0.2, 0) is 0 Å². The highest BCUT2D eigenvalue weighted by Gasteiger charge is 2.27. The van der Waals surface area contributed by atoms with E-state index in [9.17, 15) is 5.26 Å². The largest absolute Gasteiger partial charge is 0.454 e. The highest BCUT2D eigenvalue weighted by molar-refractivity contribution is 7.26. The van der Waals surface area contributed by atoms with Crippen LogP contribution < -0.4 is 0 Å². The van der Waals surface area contributed by atoms with E-state index < -0.39 is 0 Å². The molecule has 0 saturated heterocycles. The van der Waals surface area contributed by atoms with Crippen LogP contribution in [0.15, 0.2) is 156 Å². The number of hydrogen-bond donors (Lipinski definition) is 0. The molecule has 0 amide bonds. The fourth-order valence-corrected chi connectivity index (χ4v) is 8.91. The quantitative estimate of drug-likeness (QED) is 0.183. The van der Waals surface area contributed by atoms with E-state index in [1.54, 1.807) is 11.3 Å². The summed E-state index contributed by atoms with van der Waals surface area (Å²) in [6.45, 7) is 0. The number of aromatic nitrogens is 4. The second-order valence-electron chi connectivity index (χ2n) is 13.1. The summed E-state index contributed by atoms with van der Waals surface area (Å²) in [5, 5.41) is 17.4. The van der Waals surface area contributed by atoms with Crippen LogP contribution in [0.25, 0.3) is 104 Å². The molecule has 4 heterocycles. The Morgan fingerprint density at radius 2 is 1.17 bits per heavy atom. The Morgan fingerprint density at radius 1 is 0.547 bits per heavy atom. The Morgan fingerprint density at radius 3 is 1.91 bits per heavy atom. The molecule has 6 nitrogen and oxygen atoms in total. The van der Waals surface area contributed by atoms with Crippen molar-refractivity contribution in [1.29, 1.82) is 5.26 Å². The summed E-state index contributed by atoms with van der Waals surface area (Å²) in [7, 11) is 0. The molecule has 11 rings (SSSR count). The molecular weight excluding hydrogens is 671 g/mol. The molecule has 11 aromatic rings. The fraction of sp³-hybridized carbons (Fsp3) is 0. The first kappa shape index (κ1) is 29.6. The minimum absolute atomic E-state index is 0.408. The van der Waals surface area contributed by atoms with E-state index in [1.807, 2.05) is 91.0 Å². The molecule has 0 aliphatic rings. The van der Waals surface area contributed by atoms with Crippen LogP contribution in [0.2, 0.25) is 0 Å². The maximum absolute atomic E-state index is 11.1. The summed E-state index contributed by atoms with van der Waals surface area (Å²) in [6, 6.07) is 53.8. The Labute approximate surface area is 306 Å². The maximum atomic E-state index is 11.1. The smallest absolute Gasteiger partial charge is 0.166 e. The van der Waals surface area contributed by atoms with Crippen LogP contribution in [0.1, 0.15) is 5.56 Å². The van der Waals surface area contributed by atoms with Crippen molar-refractivity contribution in [1.82, 2.24) is 19.5 Å². The Balaban J connectivity index is 1.30. The third kappa shape index (κ3) is 4.40. The van der Waals surface area contributed by atoms with Crippen LogP contribution in [-0.4, -0.2) is 19.5 Å². The molecule has 4 aromatic heterocycles. The summed E-state index contributed by atoms with van der Waals surface area (Å²) in [5.41, 5.74) is 7.03. The van der Waals surface area contributed by atoms with Crippen LogP contribution in [0, 0.1) is 11.3 Å². The average molecular weight is 696 g/mol. The number of nitriles is 1. The number of benzene rings is 7. The zero-order valence-electron chi connectivity index (χ0n) is 28.0. The second kappa shape index (κ2) is 11.4. The van der Waals surface area contributed by atoms with Crippen molar-refractivity contribution < 1.29 is 4.42 Å². The molecule has 0 aliphatic carbocycles. The molecule has 0 bridgehead atoms. The van der Waals surface area contributed by atoms with Gasteiger partial charge in [0.25, 0.3) is 0 Å².